The van der Waals surface area contributed by atoms with E-state index in [0.717, 1.165) is 12.2 Å². The van der Waals surface area contributed by atoms with Gasteiger partial charge in [0.15, 0.2) is 0 Å². The van der Waals surface area contributed by atoms with Crippen molar-refractivity contribution in [3.8, 4) is 5.75 Å². The van der Waals surface area contributed by atoms with Gasteiger partial charge in [0.1, 0.15) is 5.75 Å². The maximum Gasteiger partial charge on any atom is 0.122 e. The van der Waals surface area contributed by atoms with Crippen LogP contribution in [0.15, 0.2) is 24.3 Å². The fourth-order valence-electron chi connectivity index (χ4n) is 1.42. The maximum absolute atomic E-state index is 9.72. The molecule has 3 N–H and O–H groups in total. The quantitative estimate of drug-likeness (QED) is 0.772. The molecule has 0 saturated heterocycles. The lowest BCUT2D eigenvalue weighted by atomic mass is 10.0. The number of para-hydroxylation sites is 1. The summed E-state index contributed by atoms with van der Waals surface area (Å²) in [6, 6.07) is 7.96. The van der Waals surface area contributed by atoms with E-state index in [2.05, 4.69) is 13.0 Å². The lowest BCUT2D eigenvalue weighted by molar-refractivity contribution is 0.0452. The second-order valence-electron chi connectivity index (χ2n) is 4.26. The maximum atomic E-state index is 9.72. The summed E-state index contributed by atoms with van der Waals surface area (Å²) >= 11 is 0. The molecule has 1 aromatic rings. The fraction of sp³-hybridized carbons (Fsp3) is 0.538. The molecule has 1 atom stereocenters. The monoisotopic (exact) mass is 223 g/mol. The second-order valence-corrected chi connectivity index (χ2v) is 4.26. The predicted molar refractivity (Wildman–Crippen MR) is 65.6 cm³/mol. The standard InChI is InChI=1S/C13H21NO2/c1-3-11-6-4-5-7-12(11)16-9-8-13(2,15)10-14/h4-7,15H,3,8-10,14H2,1-2H3. The number of aryl methyl sites for hydroxylation is 1. The number of nitrogens with two attached hydrogens (primary N) is 1. The van der Waals surface area contributed by atoms with Gasteiger partial charge >= 0.3 is 0 Å². The van der Waals surface area contributed by atoms with Gasteiger partial charge in [0.25, 0.3) is 0 Å². The van der Waals surface area contributed by atoms with Crippen molar-refractivity contribution < 1.29 is 9.84 Å². The van der Waals surface area contributed by atoms with Gasteiger partial charge in [0.2, 0.25) is 0 Å². The van der Waals surface area contributed by atoms with Crippen LogP contribution in [0.2, 0.25) is 0 Å². The highest BCUT2D eigenvalue weighted by molar-refractivity contribution is 5.33. The van der Waals surface area contributed by atoms with Crippen molar-refractivity contribution in [3.05, 3.63) is 29.8 Å². The van der Waals surface area contributed by atoms with E-state index < -0.39 is 5.60 Å². The summed E-state index contributed by atoms with van der Waals surface area (Å²) in [5.74, 6) is 0.901. The predicted octanol–water partition coefficient (Wildman–Crippen LogP) is 1.73. The molecule has 1 unspecified atom stereocenters. The largest absolute Gasteiger partial charge is 0.493 e. The van der Waals surface area contributed by atoms with Crippen LogP contribution in [0.3, 0.4) is 0 Å². The number of hydrogen-bond donors (Lipinski definition) is 2. The van der Waals surface area contributed by atoms with Crippen molar-refractivity contribution in [1.29, 1.82) is 0 Å². The molecule has 0 saturated carbocycles. The molecule has 0 aromatic heterocycles. The van der Waals surface area contributed by atoms with Crippen molar-refractivity contribution >= 4 is 0 Å². The van der Waals surface area contributed by atoms with Gasteiger partial charge in [0, 0.05) is 13.0 Å². The minimum absolute atomic E-state index is 0.256. The summed E-state index contributed by atoms with van der Waals surface area (Å²) in [6.45, 7) is 4.56. The minimum Gasteiger partial charge on any atom is -0.493 e. The third-order valence-corrected chi connectivity index (χ3v) is 2.69. The molecule has 1 aromatic carbocycles. The first-order chi connectivity index (χ1) is 7.59. The lowest BCUT2D eigenvalue weighted by Crippen LogP contribution is -2.35. The lowest BCUT2D eigenvalue weighted by Gasteiger charge is -2.21. The molecule has 0 radical (unpaired) electrons. The molecule has 0 aliphatic rings. The van der Waals surface area contributed by atoms with E-state index in [1.807, 2.05) is 18.2 Å². The molecule has 0 fully saturated rings. The van der Waals surface area contributed by atoms with Crippen LogP contribution >= 0.6 is 0 Å². The summed E-state index contributed by atoms with van der Waals surface area (Å²) < 4.78 is 5.65. The molecule has 0 aliphatic heterocycles. The molecule has 3 heteroatoms. The molecule has 3 nitrogen and oxygen atoms in total. The molecular weight excluding hydrogens is 202 g/mol. The number of rotatable bonds is 6. The molecule has 0 aliphatic carbocycles. The van der Waals surface area contributed by atoms with E-state index in [0.29, 0.717) is 13.0 Å². The molecule has 0 amide bonds. The first kappa shape index (κ1) is 13.0. The highest BCUT2D eigenvalue weighted by Gasteiger charge is 2.17. The van der Waals surface area contributed by atoms with E-state index in [4.69, 9.17) is 10.5 Å². The zero-order valence-corrected chi connectivity index (χ0v) is 10.1. The average Bonchev–Trinajstić information content (AvgIpc) is 2.29. The summed E-state index contributed by atoms with van der Waals surface area (Å²) in [5.41, 5.74) is 5.79. The van der Waals surface area contributed by atoms with Crippen LogP contribution in [-0.2, 0) is 6.42 Å². The molecule has 0 bridgehead atoms. The first-order valence-corrected chi connectivity index (χ1v) is 5.72. The smallest absolute Gasteiger partial charge is 0.122 e. The Morgan fingerprint density at radius 2 is 2.06 bits per heavy atom. The number of aliphatic hydroxyl groups is 1. The normalized spacial score (nSPS) is 14.5. The van der Waals surface area contributed by atoms with E-state index >= 15 is 0 Å². The fourth-order valence-corrected chi connectivity index (χ4v) is 1.42. The van der Waals surface area contributed by atoms with E-state index in [-0.39, 0.29) is 6.54 Å². The van der Waals surface area contributed by atoms with Crippen LogP contribution in [0.1, 0.15) is 25.8 Å². The topological polar surface area (TPSA) is 55.5 Å². The van der Waals surface area contributed by atoms with Crippen molar-refractivity contribution in [2.45, 2.75) is 32.3 Å². The van der Waals surface area contributed by atoms with Gasteiger partial charge in [-0.3, -0.25) is 0 Å². The minimum atomic E-state index is -0.832. The van der Waals surface area contributed by atoms with E-state index in [9.17, 15) is 5.11 Å². The van der Waals surface area contributed by atoms with Crippen LogP contribution in [-0.4, -0.2) is 23.9 Å². The number of benzene rings is 1. The van der Waals surface area contributed by atoms with Gasteiger partial charge in [-0.2, -0.15) is 0 Å². The number of ether oxygens (including phenoxy) is 1. The zero-order valence-electron chi connectivity index (χ0n) is 10.1. The Bertz CT molecular complexity index is 323. The SMILES string of the molecule is CCc1ccccc1OCCC(C)(O)CN. The number of hydrogen-bond acceptors (Lipinski definition) is 3. The van der Waals surface area contributed by atoms with Gasteiger partial charge in [0.05, 0.1) is 12.2 Å². The second kappa shape index (κ2) is 5.87. The Hall–Kier alpha value is -1.06. The Kier molecular flexibility index (Phi) is 4.77. The van der Waals surface area contributed by atoms with Crippen LogP contribution in [0.5, 0.6) is 5.75 Å². The van der Waals surface area contributed by atoms with E-state index in [1.165, 1.54) is 5.56 Å². The Labute approximate surface area is 97.2 Å². The highest BCUT2D eigenvalue weighted by Crippen LogP contribution is 2.19. The van der Waals surface area contributed by atoms with Crippen molar-refractivity contribution in [2.24, 2.45) is 5.73 Å². The zero-order chi connectivity index (χ0) is 12.0. The Morgan fingerprint density at radius 3 is 2.69 bits per heavy atom. The van der Waals surface area contributed by atoms with Crippen molar-refractivity contribution in [2.75, 3.05) is 13.2 Å². The first-order valence-electron chi connectivity index (χ1n) is 5.72. The third kappa shape index (κ3) is 3.83. The molecule has 16 heavy (non-hydrogen) atoms. The van der Waals surface area contributed by atoms with Gasteiger partial charge in [-0.1, -0.05) is 25.1 Å². The molecule has 90 valence electrons. The summed E-state index contributed by atoms with van der Waals surface area (Å²) in [5, 5.41) is 9.72. The van der Waals surface area contributed by atoms with Gasteiger partial charge in [-0.05, 0) is 25.0 Å². The summed E-state index contributed by atoms with van der Waals surface area (Å²) in [6.07, 6.45) is 1.49. The summed E-state index contributed by atoms with van der Waals surface area (Å²) in [4.78, 5) is 0. The molecule has 0 spiro atoms. The average molecular weight is 223 g/mol. The summed E-state index contributed by atoms with van der Waals surface area (Å²) in [7, 11) is 0. The van der Waals surface area contributed by atoms with Gasteiger partial charge in [-0.25, -0.2) is 0 Å². The van der Waals surface area contributed by atoms with Crippen LogP contribution in [0.4, 0.5) is 0 Å². The molecule has 0 heterocycles. The molecular formula is C13H21NO2. The third-order valence-electron chi connectivity index (χ3n) is 2.69. The van der Waals surface area contributed by atoms with Crippen LogP contribution < -0.4 is 10.5 Å². The van der Waals surface area contributed by atoms with Crippen LogP contribution in [0.25, 0.3) is 0 Å². The van der Waals surface area contributed by atoms with Crippen molar-refractivity contribution in [1.82, 2.24) is 0 Å². The molecule has 1 rings (SSSR count). The van der Waals surface area contributed by atoms with Gasteiger partial charge < -0.3 is 15.6 Å². The van der Waals surface area contributed by atoms with Crippen molar-refractivity contribution in [3.63, 3.8) is 0 Å². The Balaban J connectivity index is 2.49. The Morgan fingerprint density at radius 1 is 1.38 bits per heavy atom. The highest BCUT2D eigenvalue weighted by atomic mass is 16.5. The van der Waals surface area contributed by atoms with Gasteiger partial charge in [-0.15, -0.1) is 0 Å². The van der Waals surface area contributed by atoms with E-state index in [1.54, 1.807) is 6.92 Å². The van der Waals surface area contributed by atoms with Crippen LogP contribution in [0, 0.1) is 0 Å².